The second-order valence-corrected chi connectivity index (χ2v) is 6.83. The number of piperidine rings is 1. The number of carbonyl (C=O) groups excluding carboxylic acids is 1. The average molecular weight is 278 g/mol. The highest BCUT2D eigenvalue weighted by Gasteiger charge is 2.34. The molecule has 3 rings (SSSR count). The summed E-state index contributed by atoms with van der Waals surface area (Å²) in [5.41, 5.74) is 0. The number of carbonyl (C=O) groups is 1. The largest absolute Gasteiger partial charge is 0.338 e. The van der Waals surface area contributed by atoms with E-state index in [0.29, 0.717) is 18.0 Å². The molecule has 2 aliphatic rings. The van der Waals surface area contributed by atoms with Crippen molar-refractivity contribution >= 4 is 17.2 Å². The lowest BCUT2D eigenvalue weighted by atomic mass is 10.0. The summed E-state index contributed by atoms with van der Waals surface area (Å²) in [5.74, 6) is 0.321. The van der Waals surface area contributed by atoms with Crippen LogP contribution >= 0.6 is 11.3 Å². The fraction of sp³-hybridized carbons (Fsp3) is 0.667. The molecule has 1 aromatic heterocycles. The number of hydrogen-bond donors (Lipinski definition) is 1. The van der Waals surface area contributed by atoms with Gasteiger partial charge >= 0.3 is 0 Å². The maximum atomic E-state index is 12.5. The highest BCUT2D eigenvalue weighted by atomic mass is 32.1. The lowest BCUT2D eigenvalue weighted by Gasteiger charge is -2.37. The Bertz CT molecular complexity index is 427. The Morgan fingerprint density at radius 1 is 1.47 bits per heavy atom. The smallest absolute Gasteiger partial charge is 0.239 e. The molecule has 0 radical (unpaired) electrons. The topological polar surface area (TPSA) is 32.3 Å². The molecule has 3 nitrogen and oxygen atoms in total. The van der Waals surface area contributed by atoms with E-state index in [1.165, 1.54) is 17.7 Å². The van der Waals surface area contributed by atoms with Crippen molar-refractivity contribution in [2.45, 2.75) is 57.2 Å². The summed E-state index contributed by atoms with van der Waals surface area (Å²) in [6, 6.07) is 5.25. The van der Waals surface area contributed by atoms with Crippen molar-refractivity contribution in [1.82, 2.24) is 10.2 Å². The van der Waals surface area contributed by atoms with Crippen LogP contribution in [0.15, 0.2) is 17.5 Å². The lowest BCUT2D eigenvalue weighted by molar-refractivity contribution is -0.138. The normalized spacial score (nSPS) is 25.6. The predicted molar refractivity (Wildman–Crippen MR) is 78.4 cm³/mol. The van der Waals surface area contributed by atoms with E-state index in [-0.39, 0.29) is 6.04 Å². The molecule has 1 saturated heterocycles. The number of rotatable bonds is 5. The van der Waals surface area contributed by atoms with Gasteiger partial charge < -0.3 is 10.2 Å². The summed E-state index contributed by atoms with van der Waals surface area (Å²) in [7, 11) is 0. The number of hydrogen-bond acceptors (Lipinski definition) is 3. The first kappa shape index (κ1) is 13.1. The van der Waals surface area contributed by atoms with E-state index in [2.05, 4.69) is 34.7 Å². The molecule has 0 spiro atoms. The zero-order chi connectivity index (χ0) is 13.2. The minimum Gasteiger partial charge on any atom is -0.338 e. The van der Waals surface area contributed by atoms with Gasteiger partial charge in [0.05, 0.1) is 6.04 Å². The molecule has 0 aromatic carbocycles. The summed E-state index contributed by atoms with van der Waals surface area (Å²) in [5, 5.41) is 5.61. The van der Waals surface area contributed by atoms with Crippen LogP contribution in [0.4, 0.5) is 0 Å². The first-order chi connectivity index (χ1) is 9.24. The van der Waals surface area contributed by atoms with Gasteiger partial charge in [-0.05, 0) is 44.1 Å². The molecule has 1 aromatic rings. The van der Waals surface area contributed by atoms with Crippen LogP contribution in [0.5, 0.6) is 0 Å². The number of amides is 1. The lowest BCUT2D eigenvalue weighted by Crippen LogP contribution is -2.54. The molecule has 2 unspecified atom stereocenters. The van der Waals surface area contributed by atoms with Crippen LogP contribution in [0.1, 0.15) is 37.5 Å². The molecule has 104 valence electrons. The van der Waals surface area contributed by atoms with Crippen LogP contribution in [0.3, 0.4) is 0 Å². The highest BCUT2D eigenvalue weighted by Crippen LogP contribution is 2.24. The Labute approximate surface area is 119 Å². The third kappa shape index (κ3) is 3.18. The van der Waals surface area contributed by atoms with E-state index in [9.17, 15) is 4.79 Å². The van der Waals surface area contributed by atoms with Crippen LogP contribution in [-0.4, -0.2) is 35.5 Å². The standard InChI is InChI=1S/C15H22N2OS/c1-11(10-13-4-3-9-19-13)17-8-2-5-14(15(17)18)16-12-6-7-12/h3-4,9,11-12,14,16H,2,5-8,10H2,1H3. The van der Waals surface area contributed by atoms with Crippen molar-refractivity contribution < 1.29 is 4.79 Å². The Kier molecular flexibility index (Phi) is 3.89. The Balaban J connectivity index is 1.60. The maximum absolute atomic E-state index is 12.5. The van der Waals surface area contributed by atoms with Crippen LogP contribution < -0.4 is 5.32 Å². The minimum atomic E-state index is 0.0760. The fourth-order valence-electron chi connectivity index (χ4n) is 2.86. The molecule has 2 fully saturated rings. The van der Waals surface area contributed by atoms with Gasteiger partial charge in [-0.1, -0.05) is 6.07 Å². The van der Waals surface area contributed by atoms with Crippen molar-refractivity contribution in [3.8, 4) is 0 Å². The van der Waals surface area contributed by atoms with Gasteiger partial charge in [0.2, 0.25) is 5.91 Å². The van der Waals surface area contributed by atoms with E-state index >= 15 is 0 Å². The highest BCUT2D eigenvalue weighted by molar-refractivity contribution is 7.09. The van der Waals surface area contributed by atoms with Gasteiger partial charge in [-0.2, -0.15) is 0 Å². The van der Waals surface area contributed by atoms with Crippen LogP contribution in [0.25, 0.3) is 0 Å². The van der Waals surface area contributed by atoms with E-state index in [4.69, 9.17) is 0 Å². The minimum absolute atomic E-state index is 0.0760. The summed E-state index contributed by atoms with van der Waals surface area (Å²) in [6.07, 6.45) is 5.62. The van der Waals surface area contributed by atoms with Crippen molar-refractivity contribution in [2.75, 3.05) is 6.54 Å². The van der Waals surface area contributed by atoms with Gasteiger partial charge in [0.15, 0.2) is 0 Å². The summed E-state index contributed by atoms with van der Waals surface area (Å²) >= 11 is 1.78. The number of thiophene rings is 1. The molecule has 4 heteroatoms. The first-order valence-electron chi connectivity index (χ1n) is 7.33. The van der Waals surface area contributed by atoms with Crippen molar-refractivity contribution in [3.63, 3.8) is 0 Å². The summed E-state index contributed by atoms with van der Waals surface area (Å²) < 4.78 is 0. The summed E-state index contributed by atoms with van der Waals surface area (Å²) in [6.45, 7) is 3.10. The van der Waals surface area contributed by atoms with Crippen molar-refractivity contribution in [1.29, 1.82) is 0 Å². The number of nitrogens with zero attached hydrogens (tertiary/aromatic N) is 1. The van der Waals surface area contributed by atoms with Crippen molar-refractivity contribution in [3.05, 3.63) is 22.4 Å². The molecular weight excluding hydrogens is 256 g/mol. The molecule has 1 saturated carbocycles. The number of nitrogens with one attached hydrogen (secondary N) is 1. The van der Waals surface area contributed by atoms with Crippen molar-refractivity contribution in [2.24, 2.45) is 0 Å². The van der Waals surface area contributed by atoms with E-state index in [1.54, 1.807) is 11.3 Å². The Morgan fingerprint density at radius 3 is 3.00 bits per heavy atom. The monoisotopic (exact) mass is 278 g/mol. The van der Waals surface area contributed by atoms with Gasteiger partial charge in [-0.15, -0.1) is 11.3 Å². The van der Waals surface area contributed by atoms with Gasteiger partial charge in [-0.3, -0.25) is 4.79 Å². The first-order valence-corrected chi connectivity index (χ1v) is 8.21. The number of likely N-dealkylation sites (tertiary alicyclic amines) is 1. The third-order valence-corrected chi connectivity index (χ3v) is 4.99. The van der Waals surface area contributed by atoms with Gasteiger partial charge in [0, 0.05) is 29.9 Å². The van der Waals surface area contributed by atoms with E-state index in [0.717, 1.165) is 25.8 Å². The van der Waals surface area contributed by atoms with Gasteiger partial charge in [0.25, 0.3) is 0 Å². The zero-order valence-electron chi connectivity index (χ0n) is 11.5. The third-order valence-electron chi connectivity index (χ3n) is 4.10. The fourth-order valence-corrected chi connectivity index (χ4v) is 3.68. The zero-order valence-corrected chi connectivity index (χ0v) is 12.3. The molecule has 1 N–H and O–H groups in total. The second kappa shape index (κ2) is 5.63. The Hall–Kier alpha value is -0.870. The summed E-state index contributed by atoms with van der Waals surface area (Å²) in [4.78, 5) is 16.0. The molecule has 1 aliphatic carbocycles. The molecule has 1 aliphatic heterocycles. The van der Waals surface area contributed by atoms with Crippen LogP contribution in [0.2, 0.25) is 0 Å². The Morgan fingerprint density at radius 2 is 2.32 bits per heavy atom. The van der Waals surface area contributed by atoms with Crippen LogP contribution in [-0.2, 0) is 11.2 Å². The van der Waals surface area contributed by atoms with Crippen LogP contribution in [0, 0.1) is 0 Å². The molecule has 1 amide bonds. The van der Waals surface area contributed by atoms with Gasteiger partial charge in [-0.25, -0.2) is 0 Å². The van der Waals surface area contributed by atoms with E-state index in [1.807, 2.05) is 0 Å². The molecule has 0 bridgehead atoms. The molecule has 2 heterocycles. The second-order valence-electron chi connectivity index (χ2n) is 5.80. The molecular formula is C15H22N2OS. The van der Waals surface area contributed by atoms with Gasteiger partial charge in [0.1, 0.15) is 0 Å². The maximum Gasteiger partial charge on any atom is 0.239 e. The quantitative estimate of drug-likeness (QED) is 0.897. The predicted octanol–water partition coefficient (Wildman–Crippen LogP) is 2.42. The van der Waals surface area contributed by atoms with E-state index < -0.39 is 0 Å². The molecule has 2 atom stereocenters. The SMILES string of the molecule is CC(Cc1cccs1)N1CCCC(NC2CC2)C1=O. The average Bonchev–Trinajstić information content (AvgIpc) is 3.07. The molecule has 19 heavy (non-hydrogen) atoms.